The van der Waals surface area contributed by atoms with Gasteiger partial charge in [0.05, 0.1) is 0 Å². The second-order valence-corrected chi connectivity index (χ2v) is 4.67. The van der Waals surface area contributed by atoms with Crippen molar-refractivity contribution < 1.29 is 4.79 Å². The van der Waals surface area contributed by atoms with Crippen LogP contribution in [0.1, 0.15) is 40.4 Å². The van der Waals surface area contributed by atoms with Gasteiger partial charge in [-0.25, -0.2) is 0 Å². The number of hydrogen-bond acceptors (Lipinski definition) is 3. The van der Waals surface area contributed by atoms with Crippen LogP contribution in [0.25, 0.3) is 0 Å². The molecule has 0 saturated carbocycles. The summed E-state index contributed by atoms with van der Waals surface area (Å²) < 4.78 is 0. The van der Waals surface area contributed by atoms with Crippen LogP contribution >= 0.6 is 0 Å². The third kappa shape index (κ3) is 3.48. The first kappa shape index (κ1) is 13.4. The molecule has 0 radical (unpaired) electrons. The van der Waals surface area contributed by atoms with Crippen molar-refractivity contribution in [1.82, 2.24) is 4.98 Å². The molecule has 19 heavy (non-hydrogen) atoms. The third-order valence-electron chi connectivity index (χ3n) is 3.25. The van der Waals surface area contributed by atoms with E-state index in [1.807, 2.05) is 43.3 Å². The summed E-state index contributed by atoms with van der Waals surface area (Å²) in [6, 6.07) is 11.6. The van der Waals surface area contributed by atoms with Crippen molar-refractivity contribution >= 4 is 5.78 Å². The van der Waals surface area contributed by atoms with E-state index >= 15 is 0 Å². The van der Waals surface area contributed by atoms with Crippen molar-refractivity contribution in [3.63, 3.8) is 0 Å². The van der Waals surface area contributed by atoms with Crippen molar-refractivity contribution in [3.05, 3.63) is 65.5 Å². The van der Waals surface area contributed by atoms with Crippen LogP contribution in [0.4, 0.5) is 0 Å². The average Bonchev–Trinajstić information content (AvgIpc) is 2.46. The topological polar surface area (TPSA) is 56.0 Å². The molecule has 2 rings (SSSR count). The smallest absolute Gasteiger partial charge is 0.164 e. The van der Waals surface area contributed by atoms with Gasteiger partial charge in [0.2, 0.25) is 0 Å². The number of hydrogen-bond donors (Lipinski definition) is 1. The fourth-order valence-corrected chi connectivity index (χ4v) is 2.04. The highest BCUT2D eigenvalue weighted by Crippen LogP contribution is 2.17. The minimum atomic E-state index is -0.0953. The molecule has 0 fully saturated rings. The number of ketones is 1. The van der Waals surface area contributed by atoms with Gasteiger partial charge >= 0.3 is 0 Å². The lowest BCUT2D eigenvalue weighted by atomic mass is 9.98. The number of nitrogens with zero attached hydrogens (tertiary/aromatic N) is 1. The molecule has 0 saturated heterocycles. The van der Waals surface area contributed by atoms with Gasteiger partial charge in [-0.15, -0.1) is 0 Å². The van der Waals surface area contributed by atoms with Gasteiger partial charge in [-0.05, 0) is 30.5 Å². The van der Waals surface area contributed by atoms with E-state index in [0.717, 1.165) is 11.1 Å². The van der Waals surface area contributed by atoms with Gasteiger partial charge in [-0.2, -0.15) is 0 Å². The summed E-state index contributed by atoms with van der Waals surface area (Å²) in [4.78, 5) is 16.1. The highest BCUT2D eigenvalue weighted by molar-refractivity contribution is 5.97. The molecule has 2 N–H and O–H groups in total. The summed E-state index contributed by atoms with van der Waals surface area (Å²) in [5.74, 6) is 0.108. The fraction of sp³-hybridized carbons (Fsp3) is 0.250. The SMILES string of the molecule is Cc1ccncc1C(=O)CCC(N)c1ccccc1. The molecule has 3 heteroatoms. The third-order valence-corrected chi connectivity index (χ3v) is 3.25. The Balaban J connectivity index is 1.96. The number of aryl methyl sites for hydroxylation is 1. The summed E-state index contributed by atoms with van der Waals surface area (Å²) in [5.41, 5.74) is 8.82. The minimum absolute atomic E-state index is 0.0953. The molecule has 0 amide bonds. The second-order valence-electron chi connectivity index (χ2n) is 4.67. The Morgan fingerprint density at radius 3 is 2.68 bits per heavy atom. The number of Topliss-reactive ketones (excluding diaryl/α,β-unsaturated/α-hetero) is 1. The van der Waals surface area contributed by atoms with Gasteiger partial charge in [0.25, 0.3) is 0 Å². The average molecular weight is 254 g/mol. The van der Waals surface area contributed by atoms with Crippen LogP contribution in [0.5, 0.6) is 0 Å². The minimum Gasteiger partial charge on any atom is -0.324 e. The lowest BCUT2D eigenvalue weighted by Gasteiger charge is -2.11. The number of aromatic nitrogens is 1. The fourth-order valence-electron chi connectivity index (χ4n) is 2.04. The standard InChI is InChI=1S/C16H18N2O/c1-12-9-10-18-11-14(12)16(19)8-7-15(17)13-5-3-2-4-6-13/h2-6,9-11,15H,7-8,17H2,1H3. The predicted molar refractivity (Wildman–Crippen MR) is 75.9 cm³/mol. The first-order valence-electron chi connectivity index (χ1n) is 6.43. The molecule has 0 aliphatic carbocycles. The van der Waals surface area contributed by atoms with E-state index in [0.29, 0.717) is 18.4 Å². The molecular weight excluding hydrogens is 236 g/mol. The maximum Gasteiger partial charge on any atom is 0.164 e. The molecule has 0 spiro atoms. The zero-order valence-electron chi connectivity index (χ0n) is 11.0. The van der Waals surface area contributed by atoms with Crippen LogP contribution in [-0.2, 0) is 0 Å². The summed E-state index contributed by atoms with van der Waals surface area (Å²) in [5, 5.41) is 0. The largest absolute Gasteiger partial charge is 0.324 e. The van der Waals surface area contributed by atoms with E-state index in [2.05, 4.69) is 4.98 Å². The second kappa shape index (κ2) is 6.25. The van der Waals surface area contributed by atoms with Gasteiger partial charge in [-0.3, -0.25) is 9.78 Å². The Morgan fingerprint density at radius 2 is 2.00 bits per heavy atom. The zero-order valence-corrected chi connectivity index (χ0v) is 11.0. The van der Waals surface area contributed by atoms with Crippen LogP contribution < -0.4 is 5.73 Å². The van der Waals surface area contributed by atoms with Crippen molar-refractivity contribution in [2.45, 2.75) is 25.8 Å². The van der Waals surface area contributed by atoms with E-state index < -0.39 is 0 Å². The van der Waals surface area contributed by atoms with Crippen LogP contribution in [0, 0.1) is 6.92 Å². The van der Waals surface area contributed by atoms with Crippen molar-refractivity contribution in [1.29, 1.82) is 0 Å². The Hall–Kier alpha value is -2.00. The van der Waals surface area contributed by atoms with E-state index in [-0.39, 0.29) is 11.8 Å². The quantitative estimate of drug-likeness (QED) is 0.834. The molecule has 0 aliphatic rings. The molecule has 1 unspecified atom stereocenters. The van der Waals surface area contributed by atoms with Gasteiger partial charge in [0.1, 0.15) is 0 Å². The molecule has 1 aromatic carbocycles. The van der Waals surface area contributed by atoms with E-state index in [4.69, 9.17) is 5.73 Å². The molecule has 3 nitrogen and oxygen atoms in total. The van der Waals surface area contributed by atoms with E-state index in [1.54, 1.807) is 12.4 Å². The predicted octanol–water partition coefficient (Wildman–Crippen LogP) is 3.05. The van der Waals surface area contributed by atoms with E-state index in [9.17, 15) is 4.79 Å². The molecule has 98 valence electrons. The molecule has 1 heterocycles. The van der Waals surface area contributed by atoms with Crippen LogP contribution in [0.2, 0.25) is 0 Å². The first-order chi connectivity index (χ1) is 9.18. The number of rotatable bonds is 5. The number of nitrogens with two attached hydrogens (primary N) is 1. The van der Waals surface area contributed by atoms with Crippen LogP contribution in [0.15, 0.2) is 48.8 Å². The Bertz CT molecular complexity index is 552. The van der Waals surface area contributed by atoms with Gasteiger partial charge in [-0.1, -0.05) is 30.3 Å². The van der Waals surface area contributed by atoms with Gasteiger partial charge in [0, 0.05) is 30.4 Å². The summed E-state index contributed by atoms with van der Waals surface area (Å²) in [6.45, 7) is 1.92. The Labute approximate surface area is 113 Å². The number of pyridine rings is 1. The lowest BCUT2D eigenvalue weighted by molar-refractivity contribution is 0.0976. The normalized spacial score (nSPS) is 12.1. The highest BCUT2D eigenvalue weighted by atomic mass is 16.1. The molecule has 0 bridgehead atoms. The number of carbonyl (C=O) groups excluding carboxylic acids is 1. The summed E-state index contributed by atoms with van der Waals surface area (Å²) in [6.07, 6.45) is 4.42. The van der Waals surface area contributed by atoms with Crippen molar-refractivity contribution in [3.8, 4) is 0 Å². The van der Waals surface area contributed by atoms with Crippen LogP contribution in [0.3, 0.4) is 0 Å². The molecular formula is C16H18N2O. The molecule has 1 atom stereocenters. The molecule has 2 aromatic rings. The van der Waals surface area contributed by atoms with E-state index in [1.165, 1.54) is 0 Å². The molecule has 1 aromatic heterocycles. The Kier molecular flexibility index (Phi) is 4.42. The number of benzene rings is 1. The summed E-state index contributed by atoms with van der Waals surface area (Å²) in [7, 11) is 0. The monoisotopic (exact) mass is 254 g/mol. The lowest BCUT2D eigenvalue weighted by Crippen LogP contribution is -2.13. The molecule has 0 aliphatic heterocycles. The van der Waals surface area contributed by atoms with Gasteiger partial charge in [0.15, 0.2) is 5.78 Å². The Morgan fingerprint density at radius 1 is 1.26 bits per heavy atom. The summed E-state index contributed by atoms with van der Waals surface area (Å²) >= 11 is 0. The maximum atomic E-state index is 12.1. The zero-order chi connectivity index (χ0) is 13.7. The highest BCUT2D eigenvalue weighted by Gasteiger charge is 2.12. The van der Waals surface area contributed by atoms with Crippen molar-refractivity contribution in [2.75, 3.05) is 0 Å². The number of carbonyl (C=O) groups is 1. The van der Waals surface area contributed by atoms with Gasteiger partial charge < -0.3 is 5.73 Å². The van der Waals surface area contributed by atoms with Crippen molar-refractivity contribution in [2.24, 2.45) is 5.73 Å². The first-order valence-corrected chi connectivity index (χ1v) is 6.43. The maximum absolute atomic E-state index is 12.1. The van der Waals surface area contributed by atoms with Crippen LogP contribution in [-0.4, -0.2) is 10.8 Å².